The zero-order valence-electron chi connectivity index (χ0n) is 10.2. The molecule has 0 aromatic carbocycles. The van der Waals surface area contributed by atoms with Crippen molar-refractivity contribution in [2.45, 2.75) is 6.54 Å². The third kappa shape index (κ3) is 2.62. The average molecular weight is 246 g/mol. The van der Waals surface area contributed by atoms with E-state index < -0.39 is 0 Å². The monoisotopic (exact) mass is 246 g/mol. The molecule has 7 heteroatoms. The second kappa shape index (κ2) is 5.26. The predicted molar refractivity (Wildman–Crippen MR) is 66.0 cm³/mol. The normalized spacial score (nSPS) is 10.1. The van der Waals surface area contributed by atoms with Gasteiger partial charge in [0, 0.05) is 26.0 Å². The molecule has 0 spiro atoms. The molecule has 2 aromatic rings. The van der Waals surface area contributed by atoms with Crippen molar-refractivity contribution in [2.24, 2.45) is 7.05 Å². The molecule has 0 radical (unpaired) electrons. The highest BCUT2D eigenvalue weighted by Crippen LogP contribution is 2.09. The van der Waals surface area contributed by atoms with Crippen LogP contribution in [0.5, 0.6) is 0 Å². The summed E-state index contributed by atoms with van der Waals surface area (Å²) in [6.45, 7) is 0.535. The van der Waals surface area contributed by atoms with Crippen LogP contribution in [0.3, 0.4) is 0 Å². The molecule has 1 amide bonds. The van der Waals surface area contributed by atoms with E-state index in [-0.39, 0.29) is 5.91 Å². The molecule has 2 N–H and O–H groups in total. The highest BCUT2D eigenvalue weighted by Gasteiger charge is 2.06. The Balaban J connectivity index is 2.06. The number of pyridine rings is 1. The Morgan fingerprint density at radius 3 is 3.00 bits per heavy atom. The van der Waals surface area contributed by atoms with Gasteiger partial charge in [-0.2, -0.15) is 0 Å². The summed E-state index contributed by atoms with van der Waals surface area (Å²) in [4.78, 5) is 15.4. The van der Waals surface area contributed by atoms with Crippen LogP contribution in [0.15, 0.2) is 24.7 Å². The average Bonchev–Trinajstić information content (AvgIpc) is 2.81. The van der Waals surface area contributed by atoms with Crippen LogP contribution in [0.4, 0.5) is 5.69 Å². The van der Waals surface area contributed by atoms with Crippen LogP contribution in [-0.2, 0) is 13.6 Å². The fourth-order valence-corrected chi connectivity index (χ4v) is 1.44. The van der Waals surface area contributed by atoms with Gasteiger partial charge in [0.15, 0.2) is 5.82 Å². The summed E-state index contributed by atoms with van der Waals surface area (Å²) in [5, 5.41) is 13.4. The molecule has 2 heterocycles. The number of aromatic nitrogens is 4. The third-order valence-corrected chi connectivity index (χ3v) is 2.48. The Morgan fingerprint density at radius 1 is 1.50 bits per heavy atom. The molecule has 94 valence electrons. The lowest BCUT2D eigenvalue weighted by Crippen LogP contribution is -2.19. The van der Waals surface area contributed by atoms with E-state index in [1.54, 1.807) is 31.7 Å². The zero-order valence-corrected chi connectivity index (χ0v) is 10.2. The van der Waals surface area contributed by atoms with Gasteiger partial charge in [-0.1, -0.05) is 0 Å². The second-order valence-corrected chi connectivity index (χ2v) is 3.72. The fourth-order valence-electron chi connectivity index (χ4n) is 1.44. The van der Waals surface area contributed by atoms with E-state index in [2.05, 4.69) is 25.8 Å². The Labute approximate surface area is 104 Å². The van der Waals surface area contributed by atoms with Crippen molar-refractivity contribution in [3.8, 4) is 0 Å². The SMILES string of the molecule is CNC(=O)c1cc(NCc2nncn2C)ccn1. The van der Waals surface area contributed by atoms with Crippen LogP contribution in [0.25, 0.3) is 0 Å². The molecule has 0 unspecified atom stereocenters. The van der Waals surface area contributed by atoms with Crippen LogP contribution in [0, 0.1) is 0 Å². The molecule has 7 nitrogen and oxygen atoms in total. The van der Waals surface area contributed by atoms with Crippen molar-refractivity contribution in [3.05, 3.63) is 36.2 Å². The Hall–Kier alpha value is -2.44. The van der Waals surface area contributed by atoms with Gasteiger partial charge < -0.3 is 15.2 Å². The number of carbonyl (C=O) groups excluding carboxylic acids is 1. The molecule has 0 aliphatic rings. The first-order valence-corrected chi connectivity index (χ1v) is 5.45. The highest BCUT2D eigenvalue weighted by atomic mass is 16.1. The number of nitrogens with one attached hydrogen (secondary N) is 2. The lowest BCUT2D eigenvalue weighted by atomic mass is 10.3. The van der Waals surface area contributed by atoms with Gasteiger partial charge in [-0.25, -0.2) is 0 Å². The van der Waals surface area contributed by atoms with E-state index in [9.17, 15) is 4.79 Å². The van der Waals surface area contributed by atoms with Crippen molar-refractivity contribution in [2.75, 3.05) is 12.4 Å². The van der Waals surface area contributed by atoms with Gasteiger partial charge >= 0.3 is 0 Å². The number of hydrogen-bond acceptors (Lipinski definition) is 5. The molecule has 2 aromatic heterocycles. The van der Waals surface area contributed by atoms with Crippen molar-refractivity contribution < 1.29 is 4.79 Å². The minimum Gasteiger partial charge on any atom is -0.378 e. The zero-order chi connectivity index (χ0) is 13.0. The maximum Gasteiger partial charge on any atom is 0.269 e. The number of aryl methyl sites for hydroxylation is 1. The Kier molecular flexibility index (Phi) is 3.52. The van der Waals surface area contributed by atoms with Crippen molar-refractivity contribution in [1.82, 2.24) is 25.1 Å². The van der Waals surface area contributed by atoms with Crippen LogP contribution in [0.1, 0.15) is 16.3 Å². The molecule has 0 bridgehead atoms. The number of amides is 1. The lowest BCUT2D eigenvalue weighted by Gasteiger charge is -2.06. The molecule has 0 saturated heterocycles. The number of nitrogens with zero attached hydrogens (tertiary/aromatic N) is 4. The first-order chi connectivity index (χ1) is 8.70. The van der Waals surface area contributed by atoms with E-state index in [0.29, 0.717) is 12.2 Å². The van der Waals surface area contributed by atoms with Gasteiger partial charge in [-0.15, -0.1) is 10.2 Å². The van der Waals surface area contributed by atoms with E-state index in [1.807, 2.05) is 11.6 Å². The van der Waals surface area contributed by atoms with Gasteiger partial charge in [-0.3, -0.25) is 9.78 Å². The predicted octanol–water partition coefficient (Wildman–Crippen LogP) is 0.182. The van der Waals surface area contributed by atoms with Crippen LogP contribution in [0.2, 0.25) is 0 Å². The summed E-state index contributed by atoms with van der Waals surface area (Å²) in [5.41, 5.74) is 1.19. The third-order valence-electron chi connectivity index (χ3n) is 2.48. The number of carbonyl (C=O) groups is 1. The summed E-state index contributed by atoms with van der Waals surface area (Å²) in [6, 6.07) is 3.48. The van der Waals surface area contributed by atoms with Gasteiger partial charge in [0.2, 0.25) is 0 Å². The first-order valence-electron chi connectivity index (χ1n) is 5.45. The number of rotatable bonds is 4. The molecule has 0 fully saturated rings. The Morgan fingerprint density at radius 2 is 2.33 bits per heavy atom. The molecule has 2 rings (SSSR count). The van der Waals surface area contributed by atoms with E-state index in [4.69, 9.17) is 0 Å². The standard InChI is InChI=1S/C11H14N6O/c1-12-11(18)9-5-8(3-4-13-9)14-6-10-16-15-7-17(10)2/h3-5,7H,6H2,1-2H3,(H,12,18)(H,13,14). The molecular weight excluding hydrogens is 232 g/mol. The maximum atomic E-state index is 11.4. The Bertz CT molecular complexity index is 550. The van der Waals surface area contributed by atoms with Gasteiger partial charge in [0.05, 0.1) is 6.54 Å². The largest absolute Gasteiger partial charge is 0.378 e. The summed E-state index contributed by atoms with van der Waals surface area (Å²) in [6.07, 6.45) is 3.23. The highest BCUT2D eigenvalue weighted by molar-refractivity contribution is 5.92. The van der Waals surface area contributed by atoms with E-state index in [0.717, 1.165) is 11.5 Å². The molecule has 0 atom stereocenters. The molecule has 0 aliphatic heterocycles. The summed E-state index contributed by atoms with van der Waals surface area (Å²) >= 11 is 0. The maximum absolute atomic E-state index is 11.4. The van der Waals surface area contributed by atoms with Crippen molar-refractivity contribution in [3.63, 3.8) is 0 Å². The molecular formula is C11H14N6O. The summed E-state index contributed by atoms with van der Waals surface area (Å²) in [5.74, 6) is 0.602. The topological polar surface area (TPSA) is 84.7 Å². The fraction of sp³-hybridized carbons (Fsp3) is 0.273. The van der Waals surface area contributed by atoms with Crippen LogP contribution < -0.4 is 10.6 Å². The van der Waals surface area contributed by atoms with Crippen molar-refractivity contribution >= 4 is 11.6 Å². The minimum atomic E-state index is -0.211. The number of anilines is 1. The van der Waals surface area contributed by atoms with E-state index in [1.165, 1.54) is 0 Å². The summed E-state index contributed by atoms with van der Waals surface area (Å²) < 4.78 is 1.83. The van der Waals surface area contributed by atoms with Gasteiger partial charge in [-0.05, 0) is 12.1 Å². The smallest absolute Gasteiger partial charge is 0.269 e. The summed E-state index contributed by atoms with van der Waals surface area (Å²) in [7, 11) is 3.45. The quantitative estimate of drug-likeness (QED) is 0.804. The first kappa shape index (κ1) is 12.0. The van der Waals surface area contributed by atoms with Gasteiger partial charge in [0.25, 0.3) is 5.91 Å². The van der Waals surface area contributed by atoms with Gasteiger partial charge in [0.1, 0.15) is 12.0 Å². The molecule has 0 saturated carbocycles. The second-order valence-electron chi connectivity index (χ2n) is 3.72. The van der Waals surface area contributed by atoms with E-state index >= 15 is 0 Å². The lowest BCUT2D eigenvalue weighted by molar-refractivity contribution is 0.0958. The number of hydrogen-bond donors (Lipinski definition) is 2. The van der Waals surface area contributed by atoms with Crippen molar-refractivity contribution in [1.29, 1.82) is 0 Å². The molecule has 18 heavy (non-hydrogen) atoms. The minimum absolute atomic E-state index is 0.211. The molecule has 0 aliphatic carbocycles. The van der Waals surface area contributed by atoms with Crippen LogP contribution >= 0.6 is 0 Å². The van der Waals surface area contributed by atoms with Crippen LogP contribution in [-0.4, -0.2) is 32.7 Å².